The van der Waals surface area contributed by atoms with Crippen LogP contribution in [0.25, 0.3) is 0 Å². The fraction of sp³-hybridized carbons (Fsp3) is 0.389. The molecule has 1 N–H and O–H groups in total. The van der Waals surface area contributed by atoms with Crippen molar-refractivity contribution in [3.8, 4) is 11.5 Å². The fourth-order valence-electron chi connectivity index (χ4n) is 2.77. The molecular formula is C18H21N3O4. The van der Waals surface area contributed by atoms with Crippen molar-refractivity contribution in [2.24, 2.45) is 0 Å². The second-order valence-electron chi connectivity index (χ2n) is 6.51. The first-order chi connectivity index (χ1) is 11.9. The molecule has 1 aromatic carbocycles. The lowest BCUT2D eigenvalue weighted by atomic mass is 10.0. The number of fused-ring (bicyclic) bond motifs is 1. The van der Waals surface area contributed by atoms with E-state index >= 15 is 0 Å². The van der Waals surface area contributed by atoms with E-state index < -0.39 is 5.69 Å². The molecule has 0 unspecified atom stereocenters. The lowest BCUT2D eigenvalue weighted by Gasteiger charge is -2.18. The normalized spacial score (nSPS) is 14.5. The largest absolute Gasteiger partial charge is 0.488 e. The Hall–Kier alpha value is -2.83. The highest BCUT2D eigenvalue weighted by atomic mass is 16.5. The van der Waals surface area contributed by atoms with Crippen LogP contribution in [-0.4, -0.2) is 34.2 Å². The molecule has 1 aliphatic heterocycles. The molecule has 2 heterocycles. The number of rotatable bonds is 6. The van der Waals surface area contributed by atoms with E-state index in [-0.39, 0.29) is 18.1 Å². The number of nitrogens with one attached hydrogen (secondary N) is 1. The molecule has 7 heteroatoms. The van der Waals surface area contributed by atoms with Crippen molar-refractivity contribution in [1.29, 1.82) is 0 Å². The van der Waals surface area contributed by atoms with E-state index in [2.05, 4.69) is 10.3 Å². The molecule has 0 fully saturated rings. The van der Waals surface area contributed by atoms with Crippen molar-refractivity contribution in [1.82, 2.24) is 14.9 Å². The smallest absolute Gasteiger partial charge is 0.347 e. The monoisotopic (exact) mass is 343 g/mol. The maximum absolute atomic E-state index is 11.9. The third-order valence-electron chi connectivity index (χ3n) is 3.83. The van der Waals surface area contributed by atoms with E-state index in [1.54, 1.807) is 6.07 Å². The Morgan fingerprint density at radius 3 is 3.04 bits per heavy atom. The molecule has 25 heavy (non-hydrogen) atoms. The molecule has 0 bridgehead atoms. The van der Waals surface area contributed by atoms with Crippen LogP contribution in [0.3, 0.4) is 0 Å². The van der Waals surface area contributed by atoms with Crippen LogP contribution in [-0.2, 0) is 17.8 Å². The fourth-order valence-corrected chi connectivity index (χ4v) is 2.77. The van der Waals surface area contributed by atoms with Gasteiger partial charge in [-0.15, -0.1) is 0 Å². The van der Waals surface area contributed by atoms with Gasteiger partial charge in [0, 0.05) is 24.4 Å². The van der Waals surface area contributed by atoms with Crippen LogP contribution in [0.1, 0.15) is 19.4 Å². The molecule has 0 radical (unpaired) electrons. The van der Waals surface area contributed by atoms with Gasteiger partial charge in [0.2, 0.25) is 5.91 Å². The molecule has 7 nitrogen and oxygen atoms in total. The van der Waals surface area contributed by atoms with Crippen LogP contribution in [0.2, 0.25) is 0 Å². The van der Waals surface area contributed by atoms with Crippen LogP contribution in [0, 0.1) is 0 Å². The molecule has 3 rings (SSSR count). The lowest BCUT2D eigenvalue weighted by molar-refractivity contribution is -0.121. The number of aromatic nitrogens is 2. The Labute approximate surface area is 145 Å². The van der Waals surface area contributed by atoms with Crippen LogP contribution < -0.4 is 20.5 Å². The minimum atomic E-state index is -0.450. The van der Waals surface area contributed by atoms with Gasteiger partial charge in [0.25, 0.3) is 0 Å². The summed E-state index contributed by atoms with van der Waals surface area (Å²) in [4.78, 5) is 26.9. The molecule has 2 aromatic rings. The van der Waals surface area contributed by atoms with Gasteiger partial charge >= 0.3 is 5.69 Å². The van der Waals surface area contributed by atoms with Crippen LogP contribution in [0.5, 0.6) is 11.5 Å². The van der Waals surface area contributed by atoms with Gasteiger partial charge in [-0.1, -0.05) is 12.1 Å². The zero-order chi connectivity index (χ0) is 17.9. The number of carbonyl (C=O) groups excluding carboxylic acids is 1. The van der Waals surface area contributed by atoms with E-state index in [0.29, 0.717) is 18.9 Å². The zero-order valence-electron chi connectivity index (χ0n) is 14.3. The standard InChI is InChI=1S/C18H21N3O4/c1-18(2)11-13-5-3-6-14(16(13)25-18)24-10-8-19-15(22)12-21-9-4-7-20-17(21)23/h3-7,9H,8,10-12H2,1-2H3,(H,19,22). The summed E-state index contributed by atoms with van der Waals surface area (Å²) in [6.45, 7) is 4.66. The van der Waals surface area contributed by atoms with Gasteiger partial charge in [-0.2, -0.15) is 0 Å². The molecule has 0 spiro atoms. The van der Waals surface area contributed by atoms with Gasteiger partial charge < -0.3 is 14.8 Å². The number of benzene rings is 1. The number of hydrogen-bond acceptors (Lipinski definition) is 5. The minimum Gasteiger partial charge on any atom is -0.488 e. The van der Waals surface area contributed by atoms with Gasteiger partial charge in [-0.25, -0.2) is 9.78 Å². The number of para-hydroxylation sites is 1. The third kappa shape index (κ3) is 4.17. The lowest BCUT2D eigenvalue weighted by Crippen LogP contribution is -2.34. The highest BCUT2D eigenvalue weighted by molar-refractivity contribution is 5.75. The van der Waals surface area contributed by atoms with Crippen LogP contribution in [0.15, 0.2) is 41.5 Å². The zero-order valence-corrected chi connectivity index (χ0v) is 14.3. The summed E-state index contributed by atoms with van der Waals surface area (Å²) in [6, 6.07) is 7.43. The maximum atomic E-state index is 11.9. The van der Waals surface area contributed by atoms with E-state index in [0.717, 1.165) is 17.7 Å². The van der Waals surface area contributed by atoms with Crippen molar-refractivity contribution < 1.29 is 14.3 Å². The van der Waals surface area contributed by atoms with Crippen molar-refractivity contribution in [3.63, 3.8) is 0 Å². The molecule has 0 saturated heterocycles. The molecule has 0 aliphatic carbocycles. The minimum absolute atomic E-state index is 0.0648. The quantitative estimate of drug-likeness (QED) is 0.796. The molecule has 132 valence electrons. The van der Waals surface area contributed by atoms with Crippen LogP contribution >= 0.6 is 0 Å². The van der Waals surface area contributed by atoms with E-state index in [1.807, 2.05) is 32.0 Å². The predicted octanol–water partition coefficient (Wildman–Crippen LogP) is 1.15. The summed E-state index contributed by atoms with van der Waals surface area (Å²) in [6.07, 6.45) is 3.76. The number of hydrogen-bond donors (Lipinski definition) is 1. The number of ether oxygens (including phenoxy) is 2. The average molecular weight is 343 g/mol. The Balaban J connectivity index is 1.48. The van der Waals surface area contributed by atoms with E-state index in [9.17, 15) is 9.59 Å². The third-order valence-corrected chi connectivity index (χ3v) is 3.83. The van der Waals surface area contributed by atoms with Gasteiger partial charge in [-0.3, -0.25) is 9.36 Å². The molecule has 1 aromatic heterocycles. The van der Waals surface area contributed by atoms with E-state index in [1.165, 1.54) is 17.0 Å². The van der Waals surface area contributed by atoms with Crippen LogP contribution in [0.4, 0.5) is 0 Å². The summed E-state index contributed by atoms with van der Waals surface area (Å²) in [5.74, 6) is 1.19. The second-order valence-corrected chi connectivity index (χ2v) is 6.51. The van der Waals surface area contributed by atoms with Gasteiger partial charge in [0.05, 0.1) is 6.54 Å². The summed E-state index contributed by atoms with van der Waals surface area (Å²) >= 11 is 0. The van der Waals surface area contributed by atoms with Gasteiger partial charge in [-0.05, 0) is 26.0 Å². The highest BCUT2D eigenvalue weighted by Crippen LogP contribution is 2.41. The van der Waals surface area contributed by atoms with Crippen molar-refractivity contribution in [3.05, 3.63) is 52.7 Å². The highest BCUT2D eigenvalue weighted by Gasteiger charge is 2.32. The first-order valence-corrected chi connectivity index (χ1v) is 8.16. The first kappa shape index (κ1) is 17.0. The average Bonchev–Trinajstić information content (AvgIpc) is 2.88. The van der Waals surface area contributed by atoms with Crippen molar-refractivity contribution in [2.75, 3.05) is 13.2 Å². The SMILES string of the molecule is CC1(C)Cc2cccc(OCCNC(=O)Cn3cccnc3=O)c2O1. The Morgan fingerprint density at radius 2 is 2.24 bits per heavy atom. The molecule has 0 saturated carbocycles. The maximum Gasteiger partial charge on any atom is 0.347 e. The second kappa shape index (κ2) is 6.96. The Kier molecular flexibility index (Phi) is 4.74. The Morgan fingerprint density at radius 1 is 1.40 bits per heavy atom. The van der Waals surface area contributed by atoms with Gasteiger partial charge in [0.15, 0.2) is 11.5 Å². The predicted molar refractivity (Wildman–Crippen MR) is 91.9 cm³/mol. The van der Waals surface area contributed by atoms with Crippen molar-refractivity contribution >= 4 is 5.91 Å². The van der Waals surface area contributed by atoms with E-state index in [4.69, 9.17) is 9.47 Å². The first-order valence-electron chi connectivity index (χ1n) is 8.16. The van der Waals surface area contributed by atoms with Gasteiger partial charge in [0.1, 0.15) is 18.8 Å². The Bertz CT molecular complexity index is 829. The number of carbonyl (C=O) groups is 1. The summed E-state index contributed by atoms with van der Waals surface area (Å²) in [5.41, 5.74) is 0.448. The number of nitrogens with zero attached hydrogens (tertiary/aromatic N) is 2. The molecule has 1 aliphatic rings. The molecule has 1 amide bonds. The molecule has 0 atom stereocenters. The topological polar surface area (TPSA) is 82.5 Å². The number of amides is 1. The molecular weight excluding hydrogens is 322 g/mol. The summed E-state index contributed by atoms with van der Waals surface area (Å²) in [5, 5.41) is 2.72. The summed E-state index contributed by atoms with van der Waals surface area (Å²) < 4.78 is 12.9. The summed E-state index contributed by atoms with van der Waals surface area (Å²) in [7, 11) is 0. The van der Waals surface area contributed by atoms with Crippen molar-refractivity contribution in [2.45, 2.75) is 32.4 Å².